The molecule has 33 heavy (non-hydrogen) atoms. The molecule has 5 nitrogen and oxygen atoms in total. The van der Waals surface area contributed by atoms with Gasteiger partial charge in [-0.1, -0.05) is 18.2 Å². The van der Waals surface area contributed by atoms with Crippen molar-refractivity contribution >= 4 is 23.1 Å². The number of alkyl halides is 6. The van der Waals surface area contributed by atoms with Crippen LogP contribution in [0.15, 0.2) is 77.8 Å². The van der Waals surface area contributed by atoms with Crippen molar-refractivity contribution in [2.24, 2.45) is 4.99 Å². The summed E-state index contributed by atoms with van der Waals surface area (Å²) in [6, 6.07) is 17.2. The fourth-order valence-corrected chi connectivity index (χ4v) is 3.12. The number of halogens is 6. The Morgan fingerprint density at radius 2 is 1.27 bits per heavy atom. The predicted molar refractivity (Wildman–Crippen MR) is 107 cm³/mol. The van der Waals surface area contributed by atoms with E-state index in [4.69, 9.17) is 4.74 Å². The molecule has 3 aromatic carbocycles. The van der Waals surface area contributed by atoms with Crippen LogP contribution in [0.4, 0.5) is 43.4 Å². The van der Waals surface area contributed by atoms with Gasteiger partial charge in [0.05, 0.1) is 17.1 Å². The SMILES string of the molecule is FC(F)(F)Oc1ccc(N=C2OCc3ccccc3N2c2ccc(OC(F)(F)F)cc2)cc1. The second-order valence-electron chi connectivity index (χ2n) is 6.73. The number of benzene rings is 3. The maximum atomic E-state index is 12.5. The van der Waals surface area contributed by atoms with E-state index in [1.54, 1.807) is 17.0 Å². The summed E-state index contributed by atoms with van der Waals surface area (Å²) >= 11 is 0. The zero-order valence-electron chi connectivity index (χ0n) is 16.5. The monoisotopic (exact) mass is 468 g/mol. The summed E-state index contributed by atoms with van der Waals surface area (Å²) < 4.78 is 88.0. The molecule has 0 saturated heterocycles. The number of para-hydroxylation sites is 1. The first-order valence-electron chi connectivity index (χ1n) is 9.38. The van der Waals surface area contributed by atoms with Gasteiger partial charge in [0, 0.05) is 5.56 Å². The Hall–Kier alpha value is -3.89. The fourth-order valence-electron chi connectivity index (χ4n) is 3.12. The molecule has 4 rings (SSSR count). The van der Waals surface area contributed by atoms with E-state index in [2.05, 4.69) is 14.5 Å². The number of ether oxygens (including phenoxy) is 3. The summed E-state index contributed by atoms with van der Waals surface area (Å²) in [5.74, 6) is -0.797. The Morgan fingerprint density at radius 1 is 0.727 bits per heavy atom. The average Bonchev–Trinajstić information content (AvgIpc) is 2.74. The van der Waals surface area contributed by atoms with Gasteiger partial charge in [0.15, 0.2) is 0 Å². The summed E-state index contributed by atoms with van der Waals surface area (Å²) in [7, 11) is 0. The number of hydrogen-bond acceptors (Lipinski definition) is 4. The first-order valence-corrected chi connectivity index (χ1v) is 9.38. The van der Waals surface area contributed by atoms with Crippen LogP contribution >= 0.6 is 0 Å². The molecule has 0 radical (unpaired) electrons. The van der Waals surface area contributed by atoms with Crippen LogP contribution in [0.3, 0.4) is 0 Å². The summed E-state index contributed by atoms with van der Waals surface area (Å²) in [5, 5.41) is 0. The van der Waals surface area contributed by atoms with Crippen molar-refractivity contribution in [1.29, 1.82) is 0 Å². The van der Waals surface area contributed by atoms with Crippen LogP contribution in [0, 0.1) is 0 Å². The van der Waals surface area contributed by atoms with Crippen molar-refractivity contribution in [2.45, 2.75) is 19.3 Å². The molecule has 0 N–H and O–H groups in total. The van der Waals surface area contributed by atoms with Gasteiger partial charge in [0.2, 0.25) is 0 Å². The quantitative estimate of drug-likeness (QED) is 0.394. The molecule has 0 aromatic heterocycles. The molecule has 0 amide bonds. The van der Waals surface area contributed by atoms with Crippen LogP contribution in [-0.4, -0.2) is 18.7 Å². The highest BCUT2D eigenvalue weighted by molar-refractivity contribution is 6.02. The summed E-state index contributed by atoms with van der Waals surface area (Å²) in [5.41, 5.74) is 2.21. The second kappa shape index (κ2) is 8.57. The zero-order chi connectivity index (χ0) is 23.6. The Labute approximate surface area is 183 Å². The number of hydrogen-bond donors (Lipinski definition) is 0. The molecule has 1 aliphatic rings. The van der Waals surface area contributed by atoms with E-state index in [9.17, 15) is 26.3 Å². The lowest BCUT2D eigenvalue weighted by molar-refractivity contribution is -0.275. The van der Waals surface area contributed by atoms with Crippen molar-refractivity contribution in [2.75, 3.05) is 4.90 Å². The Kier molecular flexibility index (Phi) is 5.79. The molecule has 0 fully saturated rings. The van der Waals surface area contributed by atoms with Crippen molar-refractivity contribution in [3.8, 4) is 11.5 Å². The standard InChI is InChI=1S/C22H14F6N2O3/c23-21(24,25)32-17-9-5-15(6-10-17)29-20-30(19-4-2-1-3-14(19)13-31-20)16-7-11-18(12-8-16)33-22(26,27)28/h1-12H,13H2. The second-order valence-corrected chi connectivity index (χ2v) is 6.73. The normalized spacial score (nSPS) is 15.1. The van der Waals surface area contributed by atoms with Gasteiger partial charge in [-0.15, -0.1) is 26.3 Å². The van der Waals surface area contributed by atoms with Crippen molar-refractivity contribution in [3.63, 3.8) is 0 Å². The highest BCUT2D eigenvalue weighted by Gasteiger charge is 2.32. The Balaban J connectivity index is 1.67. The minimum absolute atomic E-state index is 0.0858. The molecule has 0 aliphatic carbocycles. The van der Waals surface area contributed by atoms with Gasteiger partial charge in [-0.05, 0) is 54.6 Å². The van der Waals surface area contributed by atoms with E-state index in [1.165, 1.54) is 24.3 Å². The average molecular weight is 468 g/mol. The third kappa shape index (κ3) is 5.68. The highest BCUT2D eigenvalue weighted by Crippen LogP contribution is 2.36. The number of rotatable bonds is 4. The summed E-state index contributed by atoms with van der Waals surface area (Å²) in [6.45, 7) is 0.177. The largest absolute Gasteiger partial charge is 0.573 e. The molecule has 172 valence electrons. The number of aliphatic imine (C=N–C) groups is 1. The van der Waals surface area contributed by atoms with Crippen LogP contribution in [0.2, 0.25) is 0 Å². The Morgan fingerprint density at radius 3 is 1.85 bits per heavy atom. The van der Waals surface area contributed by atoms with E-state index < -0.39 is 24.2 Å². The zero-order valence-corrected chi connectivity index (χ0v) is 16.5. The number of fused-ring (bicyclic) bond motifs is 1. The summed E-state index contributed by atoms with van der Waals surface area (Å²) in [4.78, 5) is 5.95. The van der Waals surface area contributed by atoms with Crippen LogP contribution in [0.5, 0.6) is 11.5 Å². The van der Waals surface area contributed by atoms with Gasteiger partial charge in [0.25, 0.3) is 0 Å². The third-order valence-electron chi connectivity index (χ3n) is 4.40. The van der Waals surface area contributed by atoms with E-state index in [0.29, 0.717) is 11.4 Å². The molecule has 0 atom stereocenters. The van der Waals surface area contributed by atoms with E-state index in [-0.39, 0.29) is 18.3 Å². The minimum atomic E-state index is -4.82. The van der Waals surface area contributed by atoms with E-state index in [1.807, 2.05) is 12.1 Å². The van der Waals surface area contributed by atoms with Gasteiger partial charge in [-0.3, -0.25) is 4.90 Å². The van der Waals surface area contributed by atoms with Gasteiger partial charge in [-0.25, -0.2) is 0 Å². The molecule has 0 spiro atoms. The van der Waals surface area contributed by atoms with E-state index in [0.717, 1.165) is 29.8 Å². The number of nitrogens with zero attached hydrogens (tertiary/aromatic N) is 2. The van der Waals surface area contributed by atoms with E-state index >= 15 is 0 Å². The topological polar surface area (TPSA) is 43.3 Å². The van der Waals surface area contributed by atoms with Crippen LogP contribution < -0.4 is 14.4 Å². The van der Waals surface area contributed by atoms with Gasteiger partial charge in [-0.2, -0.15) is 4.99 Å². The maximum absolute atomic E-state index is 12.5. The van der Waals surface area contributed by atoms with Gasteiger partial charge in [0.1, 0.15) is 18.1 Å². The minimum Gasteiger partial charge on any atom is -0.459 e. The molecule has 0 unspecified atom stereocenters. The molecular weight excluding hydrogens is 454 g/mol. The van der Waals surface area contributed by atoms with Crippen molar-refractivity contribution in [3.05, 3.63) is 78.4 Å². The first kappa shape index (κ1) is 22.3. The Bertz CT molecular complexity index is 1140. The fraction of sp³-hybridized carbons (Fsp3) is 0.136. The smallest absolute Gasteiger partial charge is 0.459 e. The lowest BCUT2D eigenvalue weighted by atomic mass is 10.1. The lowest BCUT2D eigenvalue weighted by Crippen LogP contribution is -2.33. The molecule has 3 aromatic rings. The molecule has 11 heteroatoms. The molecule has 1 aliphatic heterocycles. The maximum Gasteiger partial charge on any atom is 0.573 e. The van der Waals surface area contributed by atoms with Gasteiger partial charge >= 0.3 is 18.7 Å². The van der Waals surface area contributed by atoms with Crippen LogP contribution in [0.1, 0.15) is 5.56 Å². The molecular formula is C22H14F6N2O3. The molecule has 1 heterocycles. The predicted octanol–water partition coefficient (Wildman–Crippen LogP) is 6.84. The van der Waals surface area contributed by atoms with Crippen molar-refractivity contribution < 1.29 is 40.6 Å². The van der Waals surface area contributed by atoms with Gasteiger partial charge < -0.3 is 14.2 Å². The number of amidine groups is 1. The third-order valence-corrected chi connectivity index (χ3v) is 4.40. The lowest BCUT2D eigenvalue weighted by Gasteiger charge is -2.32. The molecule has 0 bridgehead atoms. The first-order chi connectivity index (χ1) is 15.6. The van der Waals surface area contributed by atoms with Crippen LogP contribution in [-0.2, 0) is 11.3 Å². The van der Waals surface area contributed by atoms with Crippen LogP contribution in [0.25, 0.3) is 0 Å². The summed E-state index contributed by atoms with van der Waals surface area (Å²) in [6.07, 6.45) is -9.64. The van der Waals surface area contributed by atoms with Crippen molar-refractivity contribution in [1.82, 2.24) is 0 Å². The molecule has 0 saturated carbocycles. The number of anilines is 2. The highest BCUT2D eigenvalue weighted by atomic mass is 19.4.